The summed E-state index contributed by atoms with van der Waals surface area (Å²) in [6.07, 6.45) is 6.96. The van der Waals surface area contributed by atoms with E-state index in [4.69, 9.17) is 4.74 Å². The molecular formula is C39H46F2N4O5S. The molecule has 0 bridgehead atoms. The third-order valence-corrected chi connectivity index (χ3v) is 10.2. The molecule has 2 heterocycles. The first-order valence-corrected chi connectivity index (χ1v) is 18.7. The van der Waals surface area contributed by atoms with Crippen LogP contribution in [0.15, 0.2) is 60.0 Å². The number of benzene rings is 2. The van der Waals surface area contributed by atoms with E-state index in [0.29, 0.717) is 50.9 Å². The Balaban J connectivity index is 1.000. The number of rotatable bonds is 16. The minimum absolute atomic E-state index is 0.0398. The van der Waals surface area contributed by atoms with Crippen LogP contribution in [-0.4, -0.2) is 47.4 Å². The summed E-state index contributed by atoms with van der Waals surface area (Å²) in [7, 11) is 0. The van der Waals surface area contributed by atoms with E-state index in [0.717, 1.165) is 65.3 Å². The number of esters is 1. The van der Waals surface area contributed by atoms with Crippen molar-refractivity contribution in [2.75, 3.05) is 18.0 Å². The number of thiophene rings is 1. The Bertz CT molecular complexity index is 1810. The molecule has 2 aromatic heterocycles. The van der Waals surface area contributed by atoms with Gasteiger partial charge in [0.2, 0.25) is 11.8 Å². The van der Waals surface area contributed by atoms with Crippen LogP contribution in [0.5, 0.6) is 5.75 Å². The molecule has 1 aliphatic rings. The van der Waals surface area contributed by atoms with Gasteiger partial charge in [0.15, 0.2) is 0 Å². The molecular weight excluding hydrogens is 675 g/mol. The number of hydrogen-bond acceptors (Lipinski definition) is 6. The van der Waals surface area contributed by atoms with Crippen molar-refractivity contribution in [3.63, 3.8) is 0 Å². The number of aromatic nitrogens is 1. The zero-order chi connectivity index (χ0) is 36.3. The number of likely N-dealkylation sites (N-methyl/N-ethyl adjacent to an activating group) is 1. The molecule has 9 nitrogen and oxygen atoms in total. The third kappa shape index (κ3) is 10.5. The van der Waals surface area contributed by atoms with Crippen molar-refractivity contribution >= 4 is 50.9 Å². The summed E-state index contributed by atoms with van der Waals surface area (Å²) in [6, 6.07) is 14.3. The van der Waals surface area contributed by atoms with Crippen LogP contribution in [0.2, 0.25) is 0 Å². The van der Waals surface area contributed by atoms with E-state index in [1.807, 2.05) is 60.2 Å². The minimum atomic E-state index is -0.798. The first-order valence-electron chi connectivity index (χ1n) is 17.8. The van der Waals surface area contributed by atoms with Crippen molar-refractivity contribution in [1.82, 2.24) is 15.2 Å². The van der Waals surface area contributed by atoms with Gasteiger partial charge in [0, 0.05) is 55.4 Å². The van der Waals surface area contributed by atoms with E-state index >= 15 is 0 Å². The smallest absolute Gasteiger partial charge is 0.311 e. The van der Waals surface area contributed by atoms with Gasteiger partial charge in [-0.25, -0.2) is 8.78 Å². The van der Waals surface area contributed by atoms with Gasteiger partial charge in [0.05, 0.1) is 10.2 Å². The molecule has 2 aromatic carbocycles. The Labute approximate surface area is 301 Å². The highest BCUT2D eigenvalue weighted by atomic mass is 32.1. The lowest BCUT2D eigenvalue weighted by Gasteiger charge is -2.28. The lowest BCUT2D eigenvalue weighted by Crippen LogP contribution is -2.42. The number of ether oxygens (including phenoxy) is 1. The fourth-order valence-corrected chi connectivity index (χ4v) is 7.49. The van der Waals surface area contributed by atoms with Crippen molar-refractivity contribution in [3.05, 3.63) is 82.9 Å². The Kier molecular flexibility index (Phi) is 13.3. The normalized spacial score (nSPS) is 15.8. The molecule has 51 heavy (non-hydrogen) atoms. The van der Waals surface area contributed by atoms with E-state index in [2.05, 4.69) is 10.6 Å². The molecule has 2 N–H and O–H groups in total. The summed E-state index contributed by atoms with van der Waals surface area (Å²) in [4.78, 5) is 53.6. The topological polar surface area (TPSA) is 110 Å². The molecule has 0 aliphatic heterocycles. The highest BCUT2D eigenvalue weighted by Gasteiger charge is 2.29. The molecule has 1 aliphatic carbocycles. The van der Waals surface area contributed by atoms with Crippen LogP contribution in [0.4, 0.5) is 14.5 Å². The van der Waals surface area contributed by atoms with Gasteiger partial charge in [-0.15, -0.1) is 11.3 Å². The van der Waals surface area contributed by atoms with Gasteiger partial charge in [-0.1, -0.05) is 31.4 Å². The SMILES string of the molecule is CCN(C(=O)Cn1c(C(=O)N[C@H]2CC[C@H](C(=O)NCCCCCCCC(=O)Oc3cc(F)cc(F)c3)CC2)cc2sccc21)c1cccc(C)c1. The number of anilines is 1. The molecule has 0 saturated heterocycles. The molecule has 1 fully saturated rings. The Morgan fingerprint density at radius 3 is 2.37 bits per heavy atom. The van der Waals surface area contributed by atoms with Crippen molar-refractivity contribution in [2.45, 2.75) is 90.6 Å². The highest BCUT2D eigenvalue weighted by molar-refractivity contribution is 7.17. The zero-order valence-corrected chi connectivity index (χ0v) is 30.0. The van der Waals surface area contributed by atoms with Crippen molar-refractivity contribution in [2.24, 2.45) is 5.92 Å². The maximum absolute atomic E-state index is 13.6. The van der Waals surface area contributed by atoms with Crippen LogP contribution >= 0.6 is 11.3 Å². The molecule has 272 valence electrons. The number of carbonyl (C=O) groups is 4. The van der Waals surface area contributed by atoms with E-state index in [9.17, 15) is 28.0 Å². The highest BCUT2D eigenvalue weighted by Crippen LogP contribution is 2.28. The van der Waals surface area contributed by atoms with Gasteiger partial charge < -0.3 is 24.8 Å². The van der Waals surface area contributed by atoms with Crippen LogP contribution in [0.3, 0.4) is 0 Å². The Morgan fingerprint density at radius 1 is 0.922 bits per heavy atom. The predicted molar refractivity (Wildman–Crippen MR) is 195 cm³/mol. The fraction of sp³-hybridized carbons (Fsp3) is 0.436. The summed E-state index contributed by atoms with van der Waals surface area (Å²) in [5, 5.41) is 8.18. The Hall–Kier alpha value is -4.58. The van der Waals surface area contributed by atoms with Crippen molar-refractivity contribution in [1.29, 1.82) is 0 Å². The second-order valence-corrected chi connectivity index (χ2v) is 14.1. The molecule has 4 aromatic rings. The molecule has 0 unspecified atom stereocenters. The van der Waals surface area contributed by atoms with Crippen molar-refractivity contribution in [3.8, 4) is 5.75 Å². The number of unbranched alkanes of at least 4 members (excludes halogenated alkanes) is 4. The monoisotopic (exact) mass is 720 g/mol. The molecule has 12 heteroatoms. The standard InChI is InChI=1S/C39H46F2N4O5S/c1-3-44(31-11-9-10-26(2)20-31)36(46)25-45-33-17-19-51-35(33)24-34(45)39(49)43-30-15-13-27(14-16-30)38(48)42-18-8-6-4-5-7-12-37(47)50-32-22-28(40)21-29(41)23-32/h9-11,17,19-24,27,30H,3-8,12-16,18,25H2,1-2H3,(H,42,48)(H,43,49)/t27-,30-. The molecule has 1 saturated carbocycles. The van der Waals surface area contributed by atoms with Crippen molar-refractivity contribution < 1.29 is 32.7 Å². The van der Waals surface area contributed by atoms with Gasteiger partial charge in [-0.3, -0.25) is 19.2 Å². The maximum Gasteiger partial charge on any atom is 0.311 e. The number of aryl methyl sites for hydroxylation is 1. The molecule has 0 radical (unpaired) electrons. The summed E-state index contributed by atoms with van der Waals surface area (Å²) >= 11 is 1.54. The van der Waals surface area contributed by atoms with Crippen LogP contribution < -0.4 is 20.3 Å². The van der Waals surface area contributed by atoms with Crippen LogP contribution in [-0.2, 0) is 20.9 Å². The lowest BCUT2D eigenvalue weighted by molar-refractivity contribution is -0.134. The average molecular weight is 721 g/mol. The second kappa shape index (κ2) is 18.1. The van der Waals surface area contributed by atoms with E-state index in [1.54, 1.807) is 4.90 Å². The van der Waals surface area contributed by atoms with Gasteiger partial charge >= 0.3 is 5.97 Å². The van der Waals surface area contributed by atoms with E-state index < -0.39 is 17.6 Å². The van der Waals surface area contributed by atoms with E-state index in [-0.39, 0.29) is 48.4 Å². The number of nitrogens with zero attached hydrogens (tertiary/aromatic N) is 2. The van der Waals surface area contributed by atoms with Crippen LogP contribution in [0.25, 0.3) is 10.2 Å². The first kappa shape index (κ1) is 37.7. The number of hydrogen-bond donors (Lipinski definition) is 2. The zero-order valence-electron chi connectivity index (χ0n) is 29.2. The quantitative estimate of drug-likeness (QED) is 0.0701. The molecule has 5 rings (SSSR count). The Morgan fingerprint density at radius 2 is 1.65 bits per heavy atom. The number of nitrogens with one attached hydrogen (secondary N) is 2. The average Bonchev–Trinajstić information content (AvgIpc) is 3.69. The minimum Gasteiger partial charge on any atom is -0.426 e. The second-order valence-electron chi connectivity index (χ2n) is 13.2. The van der Waals surface area contributed by atoms with Gasteiger partial charge in [-0.2, -0.15) is 0 Å². The third-order valence-electron chi connectivity index (χ3n) is 9.34. The largest absolute Gasteiger partial charge is 0.426 e. The van der Waals surface area contributed by atoms with E-state index in [1.165, 1.54) is 11.3 Å². The fourth-order valence-electron chi connectivity index (χ4n) is 6.66. The summed E-state index contributed by atoms with van der Waals surface area (Å²) in [6.45, 7) is 5.08. The maximum atomic E-state index is 13.6. The van der Waals surface area contributed by atoms with Crippen LogP contribution in [0.1, 0.15) is 87.2 Å². The van der Waals surface area contributed by atoms with Gasteiger partial charge in [-0.05, 0) is 87.6 Å². The van der Waals surface area contributed by atoms with Gasteiger partial charge in [0.1, 0.15) is 29.6 Å². The van der Waals surface area contributed by atoms with Crippen LogP contribution in [0, 0.1) is 24.5 Å². The number of halogens is 2. The number of amides is 3. The molecule has 3 amide bonds. The summed E-state index contributed by atoms with van der Waals surface area (Å²) in [5.74, 6) is -2.62. The first-order chi connectivity index (χ1) is 24.6. The molecule has 0 atom stereocenters. The lowest BCUT2D eigenvalue weighted by atomic mass is 9.85. The molecule has 0 spiro atoms. The summed E-state index contributed by atoms with van der Waals surface area (Å²) < 4.78 is 34.3. The number of carbonyl (C=O) groups excluding carboxylic acids is 4. The summed E-state index contributed by atoms with van der Waals surface area (Å²) in [5.41, 5.74) is 3.23. The van der Waals surface area contributed by atoms with Gasteiger partial charge in [0.25, 0.3) is 5.91 Å². The number of fused-ring (bicyclic) bond motifs is 1. The predicted octanol–water partition coefficient (Wildman–Crippen LogP) is 7.69.